The number of nitrogens with zero attached hydrogens (tertiary/aromatic N) is 1. The highest BCUT2D eigenvalue weighted by molar-refractivity contribution is 8.10. The largest absolute Gasteiger partial charge is 0.256 e. The molecular formula is C23H17NS2. The molecule has 1 nitrogen and oxygen atoms in total. The Kier molecular flexibility index (Phi) is 5.38. The fourth-order valence-corrected chi connectivity index (χ4v) is 4.40. The van der Waals surface area contributed by atoms with E-state index in [0.717, 1.165) is 16.5 Å². The number of fused-ring (bicyclic) bond motifs is 1. The minimum absolute atomic E-state index is 1.02. The third-order valence-corrected chi connectivity index (χ3v) is 6.02. The SMILES string of the molecule is C(/Sc1ccccc1)=C(/Sc1ccccc1)c1cnc2ccccc2c1. The van der Waals surface area contributed by atoms with E-state index in [2.05, 4.69) is 77.1 Å². The van der Waals surface area contributed by atoms with Gasteiger partial charge in [-0.3, -0.25) is 4.98 Å². The van der Waals surface area contributed by atoms with Gasteiger partial charge in [0, 0.05) is 31.8 Å². The molecule has 0 amide bonds. The van der Waals surface area contributed by atoms with Crippen LogP contribution in [0, 0.1) is 0 Å². The highest BCUT2D eigenvalue weighted by Crippen LogP contribution is 2.37. The third-order valence-electron chi connectivity index (χ3n) is 3.89. The lowest BCUT2D eigenvalue weighted by Gasteiger charge is -2.09. The van der Waals surface area contributed by atoms with Crippen molar-refractivity contribution in [2.24, 2.45) is 0 Å². The number of aromatic nitrogens is 1. The van der Waals surface area contributed by atoms with Crippen molar-refractivity contribution >= 4 is 39.3 Å². The molecular weight excluding hydrogens is 354 g/mol. The Hall–Kier alpha value is -2.49. The van der Waals surface area contributed by atoms with Crippen LogP contribution in [0.25, 0.3) is 15.8 Å². The smallest absolute Gasteiger partial charge is 0.0702 e. The maximum absolute atomic E-state index is 4.64. The first-order valence-electron chi connectivity index (χ1n) is 8.38. The number of para-hydroxylation sites is 1. The fraction of sp³-hybridized carbons (Fsp3) is 0. The quantitative estimate of drug-likeness (QED) is 0.347. The molecule has 0 saturated heterocycles. The van der Waals surface area contributed by atoms with Gasteiger partial charge >= 0.3 is 0 Å². The summed E-state index contributed by atoms with van der Waals surface area (Å²) in [6.45, 7) is 0. The molecule has 126 valence electrons. The van der Waals surface area contributed by atoms with Gasteiger partial charge in [-0.25, -0.2) is 0 Å². The topological polar surface area (TPSA) is 12.9 Å². The van der Waals surface area contributed by atoms with Crippen LogP contribution in [0.1, 0.15) is 5.56 Å². The molecule has 3 heteroatoms. The molecule has 4 aromatic rings. The number of pyridine rings is 1. The second-order valence-electron chi connectivity index (χ2n) is 5.74. The average Bonchev–Trinajstić information content (AvgIpc) is 2.72. The molecule has 0 atom stereocenters. The van der Waals surface area contributed by atoms with Crippen LogP contribution in [0.15, 0.2) is 112 Å². The minimum Gasteiger partial charge on any atom is -0.256 e. The first-order chi connectivity index (χ1) is 12.9. The summed E-state index contributed by atoms with van der Waals surface area (Å²) in [5, 5.41) is 3.38. The fourth-order valence-electron chi connectivity index (χ4n) is 2.59. The Bertz CT molecular complexity index is 1030. The summed E-state index contributed by atoms with van der Waals surface area (Å²) in [4.78, 5) is 8.28. The zero-order valence-electron chi connectivity index (χ0n) is 14.1. The Morgan fingerprint density at radius 1 is 0.731 bits per heavy atom. The van der Waals surface area contributed by atoms with Crippen molar-refractivity contribution < 1.29 is 0 Å². The molecule has 26 heavy (non-hydrogen) atoms. The van der Waals surface area contributed by atoms with E-state index < -0.39 is 0 Å². The summed E-state index contributed by atoms with van der Waals surface area (Å²) in [5.41, 5.74) is 2.16. The number of thioether (sulfide) groups is 2. The summed E-state index contributed by atoms with van der Waals surface area (Å²) in [6.07, 6.45) is 1.97. The van der Waals surface area contributed by atoms with E-state index in [1.165, 1.54) is 14.7 Å². The predicted molar refractivity (Wildman–Crippen MR) is 114 cm³/mol. The summed E-state index contributed by atoms with van der Waals surface area (Å²) in [5.74, 6) is 0. The molecule has 0 aliphatic heterocycles. The Morgan fingerprint density at radius 2 is 1.38 bits per heavy atom. The maximum atomic E-state index is 4.64. The lowest BCUT2D eigenvalue weighted by molar-refractivity contribution is 1.39. The summed E-state index contributed by atoms with van der Waals surface area (Å²) in [6, 6.07) is 31.4. The molecule has 0 N–H and O–H groups in total. The highest BCUT2D eigenvalue weighted by Gasteiger charge is 2.07. The minimum atomic E-state index is 1.02. The van der Waals surface area contributed by atoms with Gasteiger partial charge in [0.15, 0.2) is 0 Å². The molecule has 0 spiro atoms. The lowest BCUT2D eigenvalue weighted by atomic mass is 10.1. The van der Waals surface area contributed by atoms with Crippen LogP contribution in [0.5, 0.6) is 0 Å². The Balaban J connectivity index is 1.70. The van der Waals surface area contributed by atoms with Crippen molar-refractivity contribution in [1.82, 2.24) is 4.98 Å². The first kappa shape index (κ1) is 17.0. The molecule has 1 heterocycles. The normalized spacial score (nSPS) is 11.6. The van der Waals surface area contributed by atoms with Crippen LogP contribution in [-0.2, 0) is 0 Å². The van der Waals surface area contributed by atoms with Crippen LogP contribution >= 0.6 is 23.5 Å². The molecule has 0 saturated carbocycles. The molecule has 0 aliphatic rings. The van der Waals surface area contributed by atoms with Crippen molar-refractivity contribution in [1.29, 1.82) is 0 Å². The summed E-state index contributed by atoms with van der Waals surface area (Å²) >= 11 is 3.51. The monoisotopic (exact) mass is 371 g/mol. The van der Waals surface area contributed by atoms with Crippen LogP contribution in [-0.4, -0.2) is 4.98 Å². The Morgan fingerprint density at radius 3 is 2.15 bits per heavy atom. The number of rotatable bonds is 5. The molecule has 1 aromatic heterocycles. The third kappa shape index (κ3) is 4.18. The molecule has 4 rings (SSSR count). The lowest BCUT2D eigenvalue weighted by Crippen LogP contribution is -1.85. The first-order valence-corrected chi connectivity index (χ1v) is 10.1. The maximum Gasteiger partial charge on any atom is 0.0702 e. The zero-order valence-corrected chi connectivity index (χ0v) is 15.7. The van der Waals surface area contributed by atoms with Crippen LogP contribution < -0.4 is 0 Å². The van der Waals surface area contributed by atoms with Crippen molar-refractivity contribution in [3.05, 3.63) is 108 Å². The standard InChI is InChI=1S/C23H17NS2/c1-3-10-20(11-4-1)25-17-23(26-21-12-5-2-6-13-21)19-15-18-9-7-8-14-22(18)24-16-19/h1-17H/b23-17-. The molecule has 0 fully saturated rings. The van der Waals surface area contributed by atoms with Gasteiger partial charge in [-0.2, -0.15) is 0 Å². The van der Waals surface area contributed by atoms with Gasteiger partial charge in [-0.05, 0) is 41.8 Å². The molecule has 0 unspecified atom stereocenters. The molecule has 0 radical (unpaired) electrons. The van der Waals surface area contributed by atoms with E-state index >= 15 is 0 Å². The second kappa shape index (κ2) is 8.26. The van der Waals surface area contributed by atoms with E-state index in [1.807, 2.05) is 30.5 Å². The van der Waals surface area contributed by atoms with Gasteiger partial charge in [0.1, 0.15) is 0 Å². The van der Waals surface area contributed by atoms with Crippen molar-refractivity contribution in [2.75, 3.05) is 0 Å². The summed E-state index contributed by atoms with van der Waals surface area (Å²) < 4.78 is 0. The van der Waals surface area contributed by atoms with Gasteiger partial charge < -0.3 is 0 Å². The van der Waals surface area contributed by atoms with Crippen LogP contribution in [0.4, 0.5) is 0 Å². The van der Waals surface area contributed by atoms with Crippen molar-refractivity contribution in [3.63, 3.8) is 0 Å². The highest BCUT2D eigenvalue weighted by atomic mass is 32.2. The van der Waals surface area contributed by atoms with E-state index in [-0.39, 0.29) is 0 Å². The second-order valence-corrected chi connectivity index (χ2v) is 7.80. The van der Waals surface area contributed by atoms with Crippen LogP contribution in [0.2, 0.25) is 0 Å². The molecule has 3 aromatic carbocycles. The van der Waals surface area contributed by atoms with Crippen molar-refractivity contribution in [2.45, 2.75) is 9.79 Å². The number of hydrogen-bond donors (Lipinski definition) is 0. The van der Waals surface area contributed by atoms with E-state index in [4.69, 9.17) is 0 Å². The van der Waals surface area contributed by atoms with E-state index in [0.29, 0.717) is 0 Å². The molecule has 0 bridgehead atoms. The van der Waals surface area contributed by atoms with E-state index in [1.54, 1.807) is 23.5 Å². The van der Waals surface area contributed by atoms with Gasteiger partial charge in [-0.15, -0.1) is 0 Å². The predicted octanol–water partition coefficient (Wildman–Crippen LogP) is 7.12. The van der Waals surface area contributed by atoms with Gasteiger partial charge in [0.25, 0.3) is 0 Å². The zero-order chi connectivity index (χ0) is 17.6. The van der Waals surface area contributed by atoms with Crippen LogP contribution in [0.3, 0.4) is 0 Å². The van der Waals surface area contributed by atoms with Gasteiger partial charge in [0.05, 0.1) is 5.52 Å². The number of benzene rings is 3. The van der Waals surface area contributed by atoms with Crippen molar-refractivity contribution in [3.8, 4) is 0 Å². The average molecular weight is 372 g/mol. The van der Waals surface area contributed by atoms with Gasteiger partial charge in [0.2, 0.25) is 0 Å². The summed E-state index contributed by atoms with van der Waals surface area (Å²) in [7, 11) is 0. The molecule has 0 aliphatic carbocycles. The van der Waals surface area contributed by atoms with E-state index in [9.17, 15) is 0 Å². The number of hydrogen-bond acceptors (Lipinski definition) is 3. The van der Waals surface area contributed by atoms with Gasteiger partial charge in [-0.1, -0.05) is 78.1 Å². The Labute approximate surface area is 162 Å².